The lowest BCUT2D eigenvalue weighted by Crippen LogP contribution is -2.58. The van der Waals surface area contributed by atoms with E-state index in [0.717, 1.165) is 17.1 Å². The van der Waals surface area contributed by atoms with Crippen LogP contribution in [0.4, 0.5) is 0 Å². The molecule has 0 unspecified atom stereocenters. The molecule has 1 fully saturated rings. The fourth-order valence-corrected chi connectivity index (χ4v) is 3.66. The van der Waals surface area contributed by atoms with Crippen LogP contribution < -0.4 is 0 Å². The van der Waals surface area contributed by atoms with Crippen molar-refractivity contribution in [1.82, 2.24) is 14.8 Å². The summed E-state index contributed by atoms with van der Waals surface area (Å²) in [5, 5.41) is 2.83. The van der Waals surface area contributed by atoms with Gasteiger partial charge in [0.15, 0.2) is 0 Å². The second-order valence-electron chi connectivity index (χ2n) is 6.08. The Morgan fingerprint density at radius 3 is 2.67 bits per heavy atom. The first-order valence-corrected chi connectivity index (χ1v) is 8.96. The smallest absolute Gasteiger partial charge is 0.245 e. The molecule has 126 valence electrons. The van der Waals surface area contributed by atoms with E-state index in [1.165, 1.54) is 16.9 Å². The molecule has 1 aliphatic heterocycles. The third-order valence-electron chi connectivity index (χ3n) is 4.27. The predicted octanol–water partition coefficient (Wildman–Crippen LogP) is 2.25. The minimum Gasteiger partial charge on any atom is -0.331 e. The van der Waals surface area contributed by atoms with Gasteiger partial charge in [-0.1, -0.05) is 30.3 Å². The molecule has 1 atom stereocenters. The number of benzene rings is 1. The second kappa shape index (κ2) is 7.13. The van der Waals surface area contributed by atoms with Gasteiger partial charge in [0, 0.05) is 17.6 Å². The molecule has 1 saturated heterocycles. The highest BCUT2D eigenvalue weighted by molar-refractivity contribution is 7.09. The number of hydrogen-bond acceptors (Lipinski definition) is 4. The summed E-state index contributed by atoms with van der Waals surface area (Å²) in [6.45, 7) is 4.87. The Balaban J connectivity index is 1.63. The van der Waals surface area contributed by atoms with E-state index >= 15 is 0 Å². The molecule has 0 radical (unpaired) electrons. The molecular weight excluding hydrogens is 322 g/mol. The van der Waals surface area contributed by atoms with Crippen molar-refractivity contribution in [3.8, 4) is 0 Å². The summed E-state index contributed by atoms with van der Waals surface area (Å²) in [6, 6.07) is 9.58. The maximum Gasteiger partial charge on any atom is 0.245 e. The lowest BCUT2D eigenvalue weighted by Gasteiger charge is -2.38. The van der Waals surface area contributed by atoms with Gasteiger partial charge in [-0.25, -0.2) is 4.98 Å². The van der Waals surface area contributed by atoms with Crippen molar-refractivity contribution in [1.29, 1.82) is 0 Å². The quantitative estimate of drug-likeness (QED) is 0.837. The Labute approximate surface area is 145 Å². The average molecular weight is 343 g/mol. The Hall–Kier alpha value is -2.21. The van der Waals surface area contributed by atoms with E-state index in [1.54, 1.807) is 16.7 Å². The predicted molar refractivity (Wildman–Crippen MR) is 93.6 cm³/mol. The van der Waals surface area contributed by atoms with E-state index in [9.17, 15) is 9.59 Å². The number of aromatic nitrogens is 1. The third kappa shape index (κ3) is 3.64. The molecule has 3 rings (SSSR count). The van der Waals surface area contributed by atoms with E-state index in [1.807, 2.05) is 42.6 Å². The molecule has 1 aliphatic rings. The summed E-state index contributed by atoms with van der Waals surface area (Å²) in [5.41, 5.74) is 2.12. The van der Waals surface area contributed by atoms with Gasteiger partial charge in [-0.3, -0.25) is 9.59 Å². The molecule has 0 aliphatic carbocycles. The number of nitrogens with zero attached hydrogens (tertiary/aromatic N) is 3. The second-order valence-corrected chi connectivity index (χ2v) is 7.02. The molecule has 2 amide bonds. The van der Waals surface area contributed by atoms with Crippen LogP contribution in [0.1, 0.15) is 23.2 Å². The van der Waals surface area contributed by atoms with Crippen LogP contribution in [-0.2, 0) is 22.6 Å². The number of amides is 2. The number of hydrogen-bond donors (Lipinski definition) is 0. The van der Waals surface area contributed by atoms with Crippen LogP contribution in [0, 0.1) is 6.92 Å². The molecule has 2 aromatic rings. The van der Waals surface area contributed by atoms with Crippen LogP contribution in [0.15, 0.2) is 35.7 Å². The number of carbonyl (C=O) groups is 2. The van der Waals surface area contributed by atoms with Gasteiger partial charge in [0.25, 0.3) is 0 Å². The SMILES string of the molecule is Cc1csc(CN2C(=O)CN(CCc3ccccc3)C(=O)[C@@H]2C)n1. The molecule has 0 bridgehead atoms. The highest BCUT2D eigenvalue weighted by Gasteiger charge is 2.36. The van der Waals surface area contributed by atoms with Gasteiger partial charge >= 0.3 is 0 Å². The molecular formula is C18H21N3O2S. The van der Waals surface area contributed by atoms with Crippen LogP contribution >= 0.6 is 11.3 Å². The Kier molecular flexibility index (Phi) is 4.94. The average Bonchev–Trinajstić information content (AvgIpc) is 3.00. The Bertz CT molecular complexity index is 729. The molecule has 0 saturated carbocycles. The van der Waals surface area contributed by atoms with Gasteiger partial charge in [0.1, 0.15) is 11.0 Å². The van der Waals surface area contributed by atoms with Crippen molar-refractivity contribution in [3.05, 3.63) is 52.0 Å². The summed E-state index contributed by atoms with van der Waals surface area (Å²) in [5.74, 6) is 0.00169. The molecule has 2 heterocycles. The maximum atomic E-state index is 12.6. The van der Waals surface area contributed by atoms with E-state index in [2.05, 4.69) is 4.98 Å². The van der Waals surface area contributed by atoms with Crippen LogP contribution in [0.25, 0.3) is 0 Å². The van der Waals surface area contributed by atoms with Crippen molar-refractivity contribution in [2.24, 2.45) is 0 Å². The van der Waals surface area contributed by atoms with Gasteiger partial charge < -0.3 is 9.80 Å². The fraction of sp³-hybridized carbons (Fsp3) is 0.389. The van der Waals surface area contributed by atoms with Gasteiger partial charge in [0.05, 0.1) is 13.1 Å². The highest BCUT2D eigenvalue weighted by Crippen LogP contribution is 2.19. The van der Waals surface area contributed by atoms with Gasteiger partial charge in [-0.2, -0.15) is 0 Å². The number of thiazole rings is 1. The topological polar surface area (TPSA) is 53.5 Å². The molecule has 5 nitrogen and oxygen atoms in total. The van der Waals surface area contributed by atoms with E-state index < -0.39 is 6.04 Å². The first kappa shape index (κ1) is 16.6. The zero-order valence-electron chi connectivity index (χ0n) is 13.9. The fourth-order valence-electron chi connectivity index (χ4n) is 2.89. The lowest BCUT2D eigenvalue weighted by atomic mass is 10.1. The molecule has 24 heavy (non-hydrogen) atoms. The number of carbonyl (C=O) groups excluding carboxylic acids is 2. The number of rotatable bonds is 5. The molecule has 0 spiro atoms. The summed E-state index contributed by atoms with van der Waals surface area (Å²) in [6.07, 6.45) is 0.762. The van der Waals surface area contributed by atoms with Crippen LogP contribution in [-0.4, -0.2) is 45.7 Å². The monoisotopic (exact) mass is 343 g/mol. The van der Waals surface area contributed by atoms with Crippen LogP contribution in [0.2, 0.25) is 0 Å². The van der Waals surface area contributed by atoms with Crippen molar-refractivity contribution >= 4 is 23.2 Å². The first-order valence-electron chi connectivity index (χ1n) is 8.08. The first-order chi connectivity index (χ1) is 11.5. The van der Waals surface area contributed by atoms with Crippen LogP contribution in [0.3, 0.4) is 0 Å². The molecule has 1 aromatic carbocycles. The zero-order valence-corrected chi connectivity index (χ0v) is 14.8. The maximum absolute atomic E-state index is 12.6. The molecule has 1 aromatic heterocycles. The number of piperazine rings is 1. The summed E-state index contributed by atoms with van der Waals surface area (Å²) in [4.78, 5) is 32.8. The van der Waals surface area contributed by atoms with Crippen molar-refractivity contribution < 1.29 is 9.59 Å². The van der Waals surface area contributed by atoms with E-state index in [-0.39, 0.29) is 18.4 Å². The Morgan fingerprint density at radius 1 is 1.25 bits per heavy atom. The molecule has 6 heteroatoms. The Morgan fingerprint density at radius 2 is 2.00 bits per heavy atom. The summed E-state index contributed by atoms with van der Waals surface area (Å²) >= 11 is 1.53. The number of aryl methyl sites for hydroxylation is 1. The van der Waals surface area contributed by atoms with Crippen molar-refractivity contribution in [3.63, 3.8) is 0 Å². The molecule has 0 N–H and O–H groups in total. The van der Waals surface area contributed by atoms with Crippen LogP contribution in [0.5, 0.6) is 0 Å². The van der Waals surface area contributed by atoms with E-state index in [4.69, 9.17) is 0 Å². The minimum absolute atomic E-state index is 0.0111. The van der Waals surface area contributed by atoms with Crippen molar-refractivity contribution in [2.75, 3.05) is 13.1 Å². The van der Waals surface area contributed by atoms with Gasteiger partial charge in [0.2, 0.25) is 11.8 Å². The van der Waals surface area contributed by atoms with Gasteiger partial charge in [-0.05, 0) is 25.8 Å². The van der Waals surface area contributed by atoms with E-state index in [0.29, 0.717) is 13.1 Å². The standard InChI is InChI=1S/C18H21N3O2S/c1-13-12-24-16(19-13)10-21-14(2)18(23)20(11-17(21)22)9-8-15-6-4-3-5-7-15/h3-7,12,14H,8-11H2,1-2H3/t14-/m0/s1. The summed E-state index contributed by atoms with van der Waals surface area (Å²) < 4.78 is 0. The normalized spacial score (nSPS) is 18.3. The summed E-state index contributed by atoms with van der Waals surface area (Å²) in [7, 11) is 0. The zero-order chi connectivity index (χ0) is 17.1. The minimum atomic E-state index is -0.439. The highest BCUT2D eigenvalue weighted by atomic mass is 32.1. The third-order valence-corrected chi connectivity index (χ3v) is 5.22. The van der Waals surface area contributed by atoms with Gasteiger partial charge in [-0.15, -0.1) is 11.3 Å². The van der Waals surface area contributed by atoms with Crippen molar-refractivity contribution in [2.45, 2.75) is 32.9 Å². The largest absolute Gasteiger partial charge is 0.331 e. The lowest BCUT2D eigenvalue weighted by molar-refractivity contribution is -0.155.